The van der Waals surface area contributed by atoms with Crippen LogP contribution >= 0.6 is 0 Å². The van der Waals surface area contributed by atoms with Crippen LogP contribution in [-0.4, -0.2) is 41.3 Å². The standard InChI is InChI=1S/C19H27FN4O/c1-13-17(14(2)23-22-13)11-21-16-6-8-24(9-7-16)12-15-4-5-19(25-3)18(20)10-15/h4-5,10,16,21H,6-9,11-12H2,1-3H3,(H,22,23). The Morgan fingerprint density at radius 1 is 1.32 bits per heavy atom. The minimum Gasteiger partial charge on any atom is -0.494 e. The van der Waals surface area contributed by atoms with E-state index in [-0.39, 0.29) is 5.82 Å². The first-order valence-electron chi connectivity index (χ1n) is 8.85. The van der Waals surface area contributed by atoms with Gasteiger partial charge in [0.15, 0.2) is 11.6 Å². The van der Waals surface area contributed by atoms with Crippen LogP contribution < -0.4 is 10.1 Å². The van der Waals surface area contributed by atoms with Crippen molar-refractivity contribution >= 4 is 0 Å². The Balaban J connectivity index is 1.46. The zero-order valence-corrected chi connectivity index (χ0v) is 15.2. The van der Waals surface area contributed by atoms with E-state index in [0.717, 1.165) is 56.0 Å². The third-order valence-corrected chi connectivity index (χ3v) is 5.06. The highest BCUT2D eigenvalue weighted by molar-refractivity contribution is 5.29. The molecule has 0 spiro atoms. The van der Waals surface area contributed by atoms with Gasteiger partial charge in [0, 0.05) is 30.4 Å². The van der Waals surface area contributed by atoms with Crippen LogP contribution in [0.3, 0.4) is 0 Å². The van der Waals surface area contributed by atoms with Crippen LogP contribution in [0.15, 0.2) is 18.2 Å². The van der Waals surface area contributed by atoms with Gasteiger partial charge in [-0.25, -0.2) is 4.39 Å². The van der Waals surface area contributed by atoms with E-state index in [1.54, 1.807) is 12.1 Å². The van der Waals surface area contributed by atoms with Crippen molar-refractivity contribution in [3.05, 3.63) is 46.5 Å². The number of rotatable bonds is 6. The topological polar surface area (TPSA) is 53.2 Å². The van der Waals surface area contributed by atoms with E-state index in [2.05, 4.69) is 27.3 Å². The SMILES string of the molecule is COc1ccc(CN2CCC(NCc3c(C)n[nH]c3C)CC2)cc1F. The fourth-order valence-electron chi connectivity index (χ4n) is 3.44. The fraction of sp³-hybridized carbons (Fsp3) is 0.526. The van der Waals surface area contributed by atoms with Gasteiger partial charge >= 0.3 is 0 Å². The summed E-state index contributed by atoms with van der Waals surface area (Å²) in [7, 11) is 1.49. The summed E-state index contributed by atoms with van der Waals surface area (Å²) in [6.07, 6.45) is 2.21. The van der Waals surface area contributed by atoms with Crippen molar-refractivity contribution in [3.8, 4) is 5.75 Å². The summed E-state index contributed by atoms with van der Waals surface area (Å²) in [5, 5.41) is 10.9. The molecular weight excluding hydrogens is 319 g/mol. The summed E-state index contributed by atoms with van der Waals surface area (Å²) in [5.74, 6) is 0.0129. The Hall–Kier alpha value is -1.92. The molecule has 3 rings (SSSR count). The van der Waals surface area contributed by atoms with Crippen LogP contribution in [0, 0.1) is 19.7 Å². The van der Waals surface area contributed by atoms with Gasteiger partial charge in [-0.05, 0) is 57.5 Å². The van der Waals surface area contributed by atoms with Crippen molar-refractivity contribution in [2.45, 2.75) is 45.8 Å². The molecule has 136 valence electrons. The molecule has 1 aliphatic heterocycles. The number of H-pyrrole nitrogens is 1. The van der Waals surface area contributed by atoms with E-state index in [1.165, 1.54) is 12.7 Å². The summed E-state index contributed by atoms with van der Waals surface area (Å²) in [5.41, 5.74) is 4.48. The van der Waals surface area contributed by atoms with Gasteiger partial charge in [-0.1, -0.05) is 6.07 Å². The smallest absolute Gasteiger partial charge is 0.165 e. The van der Waals surface area contributed by atoms with Gasteiger partial charge in [-0.15, -0.1) is 0 Å². The van der Waals surface area contributed by atoms with E-state index in [0.29, 0.717) is 11.8 Å². The molecule has 1 aromatic carbocycles. The van der Waals surface area contributed by atoms with E-state index in [1.807, 2.05) is 13.0 Å². The summed E-state index contributed by atoms with van der Waals surface area (Å²) in [6, 6.07) is 5.75. The molecule has 2 heterocycles. The molecule has 0 saturated carbocycles. The normalized spacial score (nSPS) is 16.3. The van der Waals surface area contributed by atoms with Crippen LogP contribution in [0.5, 0.6) is 5.75 Å². The number of ether oxygens (including phenoxy) is 1. The van der Waals surface area contributed by atoms with Gasteiger partial charge in [0.2, 0.25) is 0 Å². The first kappa shape index (κ1) is 17.9. The number of aryl methyl sites for hydroxylation is 2. The molecule has 0 atom stereocenters. The predicted molar refractivity (Wildman–Crippen MR) is 96.2 cm³/mol. The summed E-state index contributed by atoms with van der Waals surface area (Å²) >= 11 is 0. The van der Waals surface area contributed by atoms with Gasteiger partial charge in [-0.2, -0.15) is 5.10 Å². The molecular formula is C19H27FN4O. The lowest BCUT2D eigenvalue weighted by Gasteiger charge is -2.32. The van der Waals surface area contributed by atoms with Crippen molar-refractivity contribution in [2.24, 2.45) is 0 Å². The molecule has 0 bridgehead atoms. The number of halogens is 1. The Morgan fingerprint density at radius 2 is 2.08 bits per heavy atom. The van der Waals surface area contributed by atoms with Crippen LogP contribution in [0.4, 0.5) is 4.39 Å². The molecule has 1 fully saturated rings. The predicted octanol–water partition coefficient (Wildman–Crippen LogP) is 2.93. The van der Waals surface area contributed by atoms with Crippen molar-refractivity contribution in [1.82, 2.24) is 20.4 Å². The second-order valence-corrected chi connectivity index (χ2v) is 6.81. The maximum absolute atomic E-state index is 13.8. The molecule has 25 heavy (non-hydrogen) atoms. The highest BCUT2D eigenvalue weighted by atomic mass is 19.1. The molecule has 2 N–H and O–H groups in total. The highest BCUT2D eigenvalue weighted by Gasteiger charge is 2.20. The average molecular weight is 346 g/mol. The molecule has 0 amide bonds. The molecule has 0 radical (unpaired) electrons. The van der Waals surface area contributed by atoms with Crippen molar-refractivity contribution < 1.29 is 9.13 Å². The zero-order valence-electron chi connectivity index (χ0n) is 15.2. The van der Waals surface area contributed by atoms with Gasteiger partial charge in [0.1, 0.15) is 0 Å². The number of benzene rings is 1. The third-order valence-electron chi connectivity index (χ3n) is 5.06. The Kier molecular flexibility index (Phi) is 5.71. The minimum atomic E-state index is -0.289. The Bertz CT molecular complexity index is 688. The lowest BCUT2D eigenvalue weighted by molar-refractivity contribution is 0.190. The number of aromatic nitrogens is 2. The summed E-state index contributed by atoms with van der Waals surface area (Å²) < 4.78 is 18.8. The van der Waals surface area contributed by atoms with Crippen LogP contribution in [-0.2, 0) is 13.1 Å². The largest absolute Gasteiger partial charge is 0.494 e. The van der Waals surface area contributed by atoms with E-state index < -0.39 is 0 Å². The van der Waals surface area contributed by atoms with Gasteiger partial charge in [0.25, 0.3) is 0 Å². The fourth-order valence-corrected chi connectivity index (χ4v) is 3.44. The van der Waals surface area contributed by atoms with E-state index in [4.69, 9.17) is 4.74 Å². The molecule has 0 aliphatic carbocycles. The van der Waals surface area contributed by atoms with Crippen LogP contribution in [0.25, 0.3) is 0 Å². The Morgan fingerprint density at radius 3 is 2.68 bits per heavy atom. The number of nitrogens with one attached hydrogen (secondary N) is 2. The van der Waals surface area contributed by atoms with Gasteiger partial charge < -0.3 is 10.1 Å². The first-order chi connectivity index (χ1) is 12.1. The molecule has 1 saturated heterocycles. The second kappa shape index (κ2) is 7.97. The van der Waals surface area contributed by atoms with E-state index in [9.17, 15) is 4.39 Å². The van der Waals surface area contributed by atoms with Crippen molar-refractivity contribution in [1.29, 1.82) is 0 Å². The molecule has 5 nitrogen and oxygen atoms in total. The van der Waals surface area contributed by atoms with Gasteiger partial charge in [-0.3, -0.25) is 10.00 Å². The lowest BCUT2D eigenvalue weighted by Crippen LogP contribution is -2.42. The van der Waals surface area contributed by atoms with E-state index >= 15 is 0 Å². The maximum atomic E-state index is 13.8. The third kappa shape index (κ3) is 4.38. The number of hydrogen-bond donors (Lipinski definition) is 2. The number of nitrogens with zero attached hydrogens (tertiary/aromatic N) is 2. The molecule has 0 unspecified atom stereocenters. The second-order valence-electron chi connectivity index (χ2n) is 6.81. The molecule has 1 aliphatic rings. The number of hydrogen-bond acceptors (Lipinski definition) is 4. The van der Waals surface area contributed by atoms with Crippen molar-refractivity contribution in [2.75, 3.05) is 20.2 Å². The summed E-state index contributed by atoms with van der Waals surface area (Å²) in [4.78, 5) is 2.38. The Labute approximate surface area is 148 Å². The lowest BCUT2D eigenvalue weighted by atomic mass is 10.0. The number of aromatic amines is 1. The highest BCUT2D eigenvalue weighted by Crippen LogP contribution is 2.20. The maximum Gasteiger partial charge on any atom is 0.165 e. The van der Waals surface area contributed by atoms with Crippen molar-refractivity contribution in [3.63, 3.8) is 0 Å². The first-order valence-corrected chi connectivity index (χ1v) is 8.85. The molecule has 6 heteroatoms. The van der Waals surface area contributed by atoms with Gasteiger partial charge in [0.05, 0.1) is 12.8 Å². The quantitative estimate of drug-likeness (QED) is 0.844. The monoisotopic (exact) mass is 346 g/mol. The average Bonchev–Trinajstić information content (AvgIpc) is 2.93. The number of likely N-dealkylation sites (tertiary alicyclic amines) is 1. The molecule has 1 aromatic heterocycles. The molecule has 2 aromatic rings. The number of methoxy groups -OCH3 is 1. The summed E-state index contributed by atoms with van der Waals surface area (Å²) in [6.45, 7) is 7.80. The zero-order chi connectivity index (χ0) is 17.8. The van der Waals surface area contributed by atoms with Crippen LogP contribution in [0.2, 0.25) is 0 Å². The number of piperidine rings is 1. The van der Waals surface area contributed by atoms with Crippen LogP contribution in [0.1, 0.15) is 35.4 Å². The minimum absolute atomic E-state index is 0.289.